The molecule has 4 nitrogen and oxygen atoms in total. The Kier molecular flexibility index (Phi) is 1.92. The van der Waals surface area contributed by atoms with E-state index in [1.165, 1.54) is 0 Å². The summed E-state index contributed by atoms with van der Waals surface area (Å²) in [5.41, 5.74) is 0.950. The minimum atomic E-state index is -0.143. The Balaban J connectivity index is 1.99. The summed E-state index contributed by atoms with van der Waals surface area (Å²) in [5.74, 6) is 0. The maximum atomic E-state index is 9.59. The van der Waals surface area contributed by atoms with Gasteiger partial charge < -0.3 is 19.6 Å². The number of aromatic nitrogens is 1. The van der Waals surface area contributed by atoms with E-state index in [4.69, 9.17) is 9.47 Å². The summed E-state index contributed by atoms with van der Waals surface area (Å²) in [6.45, 7) is 2.78. The fourth-order valence-corrected chi connectivity index (χ4v) is 2.55. The Morgan fingerprint density at radius 2 is 2.00 bits per heavy atom. The normalized spacial score (nSPS) is 26.7. The van der Waals surface area contributed by atoms with Crippen LogP contribution < -0.4 is 0 Å². The first-order chi connectivity index (χ1) is 7.33. The molecule has 0 spiro atoms. The van der Waals surface area contributed by atoms with Gasteiger partial charge in [0, 0.05) is 11.9 Å². The monoisotopic (exact) mass is 209 g/mol. The van der Waals surface area contributed by atoms with Crippen LogP contribution in [0.3, 0.4) is 0 Å². The SMILES string of the molecule is OCC1(C2(c3ccc[nH]3)COC2)COC1. The third-order valence-corrected chi connectivity index (χ3v) is 3.88. The number of aromatic amines is 1. The summed E-state index contributed by atoms with van der Waals surface area (Å²) < 4.78 is 10.6. The van der Waals surface area contributed by atoms with Crippen LogP contribution in [0, 0.1) is 5.41 Å². The Hall–Kier alpha value is -0.840. The van der Waals surface area contributed by atoms with Crippen molar-refractivity contribution in [1.29, 1.82) is 0 Å². The van der Waals surface area contributed by atoms with E-state index in [9.17, 15) is 5.11 Å². The maximum Gasteiger partial charge on any atom is 0.0693 e. The second kappa shape index (κ2) is 3.07. The van der Waals surface area contributed by atoms with E-state index in [-0.39, 0.29) is 17.4 Å². The predicted octanol–water partition coefficient (Wildman–Crippen LogP) is 0.292. The summed E-state index contributed by atoms with van der Waals surface area (Å²) in [5, 5.41) is 9.59. The number of aliphatic hydroxyl groups is 1. The lowest BCUT2D eigenvalue weighted by Gasteiger charge is -2.58. The molecule has 3 heterocycles. The summed E-state index contributed by atoms with van der Waals surface area (Å²) >= 11 is 0. The van der Waals surface area contributed by atoms with Gasteiger partial charge in [0.2, 0.25) is 0 Å². The number of ether oxygens (including phenoxy) is 2. The molecule has 4 heteroatoms. The highest BCUT2D eigenvalue weighted by molar-refractivity contribution is 5.28. The van der Waals surface area contributed by atoms with Gasteiger partial charge in [-0.25, -0.2) is 0 Å². The van der Waals surface area contributed by atoms with E-state index in [0.717, 1.165) is 5.69 Å². The number of rotatable bonds is 3. The number of hydrogen-bond acceptors (Lipinski definition) is 3. The Bertz CT molecular complexity index is 333. The minimum Gasteiger partial charge on any atom is -0.396 e. The highest BCUT2D eigenvalue weighted by atomic mass is 16.5. The van der Waals surface area contributed by atoms with Gasteiger partial charge in [-0.3, -0.25) is 0 Å². The Morgan fingerprint density at radius 1 is 1.27 bits per heavy atom. The first kappa shape index (κ1) is 9.39. The zero-order valence-electron chi connectivity index (χ0n) is 8.53. The van der Waals surface area contributed by atoms with Crippen molar-refractivity contribution in [2.75, 3.05) is 33.0 Å². The largest absolute Gasteiger partial charge is 0.396 e. The lowest BCUT2D eigenvalue weighted by molar-refractivity contribution is -0.243. The molecule has 0 atom stereocenters. The lowest BCUT2D eigenvalue weighted by atomic mass is 9.59. The molecule has 0 radical (unpaired) electrons. The van der Waals surface area contributed by atoms with Crippen LogP contribution >= 0.6 is 0 Å². The first-order valence-corrected chi connectivity index (χ1v) is 5.23. The van der Waals surface area contributed by atoms with Gasteiger partial charge in [-0.2, -0.15) is 0 Å². The molecule has 2 N–H and O–H groups in total. The van der Waals surface area contributed by atoms with E-state index in [1.807, 2.05) is 12.3 Å². The minimum absolute atomic E-state index is 0.0660. The molecule has 0 saturated carbocycles. The van der Waals surface area contributed by atoms with Crippen LogP contribution in [0.4, 0.5) is 0 Å². The molecule has 1 aromatic heterocycles. The van der Waals surface area contributed by atoms with Crippen molar-refractivity contribution in [3.8, 4) is 0 Å². The zero-order valence-corrected chi connectivity index (χ0v) is 8.53. The third kappa shape index (κ3) is 1.02. The average Bonchev–Trinajstić information content (AvgIpc) is 2.60. The number of aliphatic hydroxyl groups excluding tert-OH is 1. The highest BCUT2D eigenvalue weighted by Gasteiger charge is 2.61. The van der Waals surface area contributed by atoms with Crippen LogP contribution in [0.2, 0.25) is 0 Å². The quantitative estimate of drug-likeness (QED) is 0.752. The van der Waals surface area contributed by atoms with Crippen molar-refractivity contribution in [2.45, 2.75) is 5.41 Å². The van der Waals surface area contributed by atoms with Crippen molar-refractivity contribution < 1.29 is 14.6 Å². The molecule has 3 rings (SSSR count). The number of hydrogen-bond donors (Lipinski definition) is 2. The fraction of sp³-hybridized carbons (Fsp3) is 0.636. The molecule has 82 valence electrons. The fourth-order valence-electron chi connectivity index (χ4n) is 2.55. The summed E-state index contributed by atoms with van der Waals surface area (Å²) in [6, 6.07) is 4.05. The van der Waals surface area contributed by atoms with Crippen molar-refractivity contribution in [1.82, 2.24) is 4.98 Å². The van der Waals surface area contributed by atoms with Crippen molar-refractivity contribution in [3.05, 3.63) is 24.0 Å². The number of nitrogens with one attached hydrogen (secondary N) is 1. The van der Waals surface area contributed by atoms with Crippen LogP contribution in [0.15, 0.2) is 18.3 Å². The van der Waals surface area contributed by atoms with Gasteiger partial charge in [0.05, 0.1) is 43.9 Å². The van der Waals surface area contributed by atoms with Crippen molar-refractivity contribution in [3.63, 3.8) is 0 Å². The van der Waals surface area contributed by atoms with Gasteiger partial charge in [0.25, 0.3) is 0 Å². The average molecular weight is 209 g/mol. The Labute approximate surface area is 88.2 Å². The molecule has 0 bridgehead atoms. The molecule has 2 aliphatic heterocycles. The van der Waals surface area contributed by atoms with Crippen LogP contribution in [0.5, 0.6) is 0 Å². The topological polar surface area (TPSA) is 54.5 Å². The molecule has 2 saturated heterocycles. The molecular weight excluding hydrogens is 194 g/mol. The lowest BCUT2D eigenvalue weighted by Crippen LogP contribution is -2.68. The van der Waals surface area contributed by atoms with Crippen molar-refractivity contribution >= 4 is 0 Å². The van der Waals surface area contributed by atoms with Gasteiger partial charge in [0.1, 0.15) is 0 Å². The van der Waals surface area contributed by atoms with Crippen LogP contribution in [-0.2, 0) is 14.9 Å². The van der Waals surface area contributed by atoms with E-state index < -0.39 is 0 Å². The van der Waals surface area contributed by atoms with Crippen LogP contribution in [0.1, 0.15) is 5.69 Å². The second-order valence-electron chi connectivity index (χ2n) is 4.59. The smallest absolute Gasteiger partial charge is 0.0693 e. The van der Waals surface area contributed by atoms with E-state index in [2.05, 4.69) is 11.1 Å². The molecule has 1 aromatic rings. The van der Waals surface area contributed by atoms with E-state index in [1.54, 1.807) is 0 Å². The highest BCUT2D eigenvalue weighted by Crippen LogP contribution is 2.50. The molecule has 0 unspecified atom stereocenters. The van der Waals surface area contributed by atoms with Crippen LogP contribution in [0.25, 0.3) is 0 Å². The molecule has 0 aromatic carbocycles. The van der Waals surface area contributed by atoms with Crippen molar-refractivity contribution in [2.24, 2.45) is 5.41 Å². The standard InChI is InChI=1S/C11H15NO3/c13-4-10(5-14-6-10)11(7-15-8-11)9-2-1-3-12-9/h1-3,12-13H,4-8H2. The van der Waals surface area contributed by atoms with Gasteiger partial charge in [-0.05, 0) is 12.1 Å². The molecule has 0 amide bonds. The van der Waals surface area contributed by atoms with E-state index in [0.29, 0.717) is 26.4 Å². The molecule has 2 fully saturated rings. The molecule has 0 aliphatic carbocycles. The maximum absolute atomic E-state index is 9.59. The summed E-state index contributed by atoms with van der Waals surface area (Å²) in [4.78, 5) is 3.24. The Morgan fingerprint density at radius 3 is 2.33 bits per heavy atom. The molecule has 2 aliphatic rings. The summed E-state index contributed by atoms with van der Waals surface area (Å²) in [6.07, 6.45) is 1.92. The summed E-state index contributed by atoms with van der Waals surface area (Å²) in [7, 11) is 0. The van der Waals surface area contributed by atoms with Gasteiger partial charge in [0.15, 0.2) is 0 Å². The third-order valence-electron chi connectivity index (χ3n) is 3.88. The predicted molar refractivity (Wildman–Crippen MR) is 53.6 cm³/mol. The first-order valence-electron chi connectivity index (χ1n) is 5.23. The van der Waals surface area contributed by atoms with Crippen LogP contribution in [-0.4, -0.2) is 43.1 Å². The van der Waals surface area contributed by atoms with E-state index >= 15 is 0 Å². The van der Waals surface area contributed by atoms with Gasteiger partial charge in [-0.1, -0.05) is 0 Å². The molecular formula is C11H15NO3. The second-order valence-corrected chi connectivity index (χ2v) is 4.59. The number of H-pyrrole nitrogens is 1. The van der Waals surface area contributed by atoms with Gasteiger partial charge >= 0.3 is 0 Å². The molecule has 15 heavy (non-hydrogen) atoms. The van der Waals surface area contributed by atoms with Gasteiger partial charge in [-0.15, -0.1) is 0 Å². The zero-order chi connectivity index (χ0) is 10.4.